The standard InChI is InChI=1S/C21H20F2N4O6S/c1-10(19(30)26-21(24)25)6-11-7-14(22)18(15(23)8-11)33-12-2-4-13(5-3-12)34-27-16(20(31)32)9-17(28)29/h2-8,16,27H,9H2,1H3,(H,28,29)(H,31,32)(H4,24,25,26,30)/b10-6+. The SMILES string of the molecule is C/C(=C\c1cc(F)c(Oc2ccc(SNC(CC(=O)O)C(=O)O)cc2)c(F)c1)C(=O)N=C(N)N. The molecule has 13 heteroatoms. The van der Waals surface area contributed by atoms with Gasteiger partial charge in [-0.15, -0.1) is 0 Å². The van der Waals surface area contributed by atoms with Crippen LogP contribution in [0.4, 0.5) is 8.78 Å². The number of carbonyl (C=O) groups excluding carboxylic acids is 1. The van der Waals surface area contributed by atoms with Gasteiger partial charge in [0.1, 0.15) is 11.8 Å². The minimum Gasteiger partial charge on any atom is -0.481 e. The summed E-state index contributed by atoms with van der Waals surface area (Å²) in [6, 6.07) is 6.37. The summed E-state index contributed by atoms with van der Waals surface area (Å²) in [7, 11) is 0. The van der Waals surface area contributed by atoms with Crippen LogP contribution in [0.1, 0.15) is 18.9 Å². The van der Waals surface area contributed by atoms with E-state index in [9.17, 15) is 23.2 Å². The number of guanidine groups is 1. The van der Waals surface area contributed by atoms with Crippen LogP contribution in [0.15, 0.2) is 51.9 Å². The first kappa shape index (κ1) is 26.3. The molecule has 0 saturated carbocycles. The Kier molecular flexibility index (Phi) is 9.10. The molecule has 2 aromatic rings. The first-order valence-corrected chi connectivity index (χ1v) is 10.2. The van der Waals surface area contributed by atoms with Crippen molar-refractivity contribution in [2.75, 3.05) is 0 Å². The summed E-state index contributed by atoms with van der Waals surface area (Å²) in [5.41, 5.74) is 10.4. The molecular formula is C21H20F2N4O6S. The van der Waals surface area contributed by atoms with Crippen molar-refractivity contribution in [1.82, 2.24) is 4.72 Å². The number of nitrogens with zero attached hydrogens (tertiary/aromatic N) is 1. The maximum Gasteiger partial charge on any atom is 0.322 e. The van der Waals surface area contributed by atoms with Gasteiger partial charge in [-0.2, -0.15) is 4.99 Å². The number of amides is 1. The van der Waals surface area contributed by atoms with Crippen LogP contribution < -0.4 is 20.9 Å². The van der Waals surface area contributed by atoms with Gasteiger partial charge in [0.15, 0.2) is 23.3 Å². The maximum atomic E-state index is 14.5. The van der Waals surface area contributed by atoms with Gasteiger partial charge in [-0.05, 0) is 66.9 Å². The molecule has 0 saturated heterocycles. The van der Waals surface area contributed by atoms with E-state index in [1.54, 1.807) is 0 Å². The first-order valence-electron chi connectivity index (χ1n) is 9.42. The van der Waals surface area contributed by atoms with E-state index in [0.29, 0.717) is 4.90 Å². The van der Waals surface area contributed by atoms with Gasteiger partial charge in [0.25, 0.3) is 5.91 Å². The Bertz CT molecular complexity index is 1130. The summed E-state index contributed by atoms with van der Waals surface area (Å²) in [4.78, 5) is 37.4. The lowest BCUT2D eigenvalue weighted by atomic mass is 10.1. The molecule has 1 amide bonds. The van der Waals surface area contributed by atoms with Crippen LogP contribution in [0.25, 0.3) is 6.08 Å². The molecule has 0 aliphatic rings. The molecule has 0 heterocycles. The highest BCUT2D eigenvalue weighted by Gasteiger charge is 2.21. The van der Waals surface area contributed by atoms with Crippen molar-refractivity contribution >= 4 is 41.8 Å². The number of carbonyl (C=O) groups is 3. The summed E-state index contributed by atoms with van der Waals surface area (Å²) in [6.45, 7) is 1.38. The van der Waals surface area contributed by atoms with Gasteiger partial charge < -0.3 is 26.4 Å². The normalized spacial score (nSPS) is 12.0. The Hall–Kier alpha value is -3.97. The smallest absolute Gasteiger partial charge is 0.322 e. The number of rotatable bonds is 10. The molecule has 10 nitrogen and oxygen atoms in total. The highest BCUT2D eigenvalue weighted by atomic mass is 32.2. The van der Waals surface area contributed by atoms with Crippen molar-refractivity contribution in [3.63, 3.8) is 0 Å². The quantitative estimate of drug-likeness (QED) is 0.143. The average molecular weight is 494 g/mol. The third-order valence-corrected chi connectivity index (χ3v) is 4.92. The molecule has 2 rings (SSSR count). The second kappa shape index (κ2) is 11.8. The topological polar surface area (TPSA) is 177 Å². The number of ether oxygens (including phenoxy) is 1. The first-order chi connectivity index (χ1) is 16.0. The summed E-state index contributed by atoms with van der Waals surface area (Å²) >= 11 is 0.877. The number of carboxylic acids is 2. The van der Waals surface area contributed by atoms with Gasteiger partial charge in [-0.25, -0.2) is 13.5 Å². The minimum atomic E-state index is -1.32. The molecule has 0 spiro atoms. The number of aliphatic imine (C=N–C) groups is 1. The second-order valence-corrected chi connectivity index (χ2v) is 7.68. The number of benzene rings is 2. The molecule has 0 aliphatic heterocycles. The van der Waals surface area contributed by atoms with Crippen molar-refractivity contribution in [2.45, 2.75) is 24.3 Å². The highest BCUT2D eigenvalue weighted by Crippen LogP contribution is 2.30. The molecule has 180 valence electrons. The average Bonchev–Trinajstić information content (AvgIpc) is 2.73. The molecule has 0 fully saturated rings. The van der Waals surface area contributed by atoms with Crippen LogP contribution in [0, 0.1) is 11.6 Å². The lowest BCUT2D eigenvalue weighted by molar-refractivity contribution is -0.145. The van der Waals surface area contributed by atoms with E-state index in [0.717, 1.165) is 24.1 Å². The molecule has 0 bridgehead atoms. The highest BCUT2D eigenvalue weighted by molar-refractivity contribution is 7.97. The lowest BCUT2D eigenvalue weighted by Crippen LogP contribution is -2.34. The molecule has 0 aliphatic carbocycles. The molecular weight excluding hydrogens is 474 g/mol. The van der Waals surface area contributed by atoms with Crippen molar-refractivity contribution in [3.8, 4) is 11.5 Å². The van der Waals surface area contributed by atoms with Crippen LogP contribution in [0.2, 0.25) is 0 Å². The third-order valence-electron chi connectivity index (χ3n) is 4.01. The zero-order chi connectivity index (χ0) is 25.4. The lowest BCUT2D eigenvalue weighted by Gasteiger charge is -2.12. The number of halogens is 2. The van der Waals surface area contributed by atoms with E-state index in [4.69, 9.17) is 26.4 Å². The monoisotopic (exact) mass is 494 g/mol. The largest absolute Gasteiger partial charge is 0.481 e. The van der Waals surface area contributed by atoms with E-state index >= 15 is 0 Å². The van der Waals surface area contributed by atoms with E-state index in [1.165, 1.54) is 37.3 Å². The fourth-order valence-corrected chi connectivity index (χ4v) is 3.20. The van der Waals surface area contributed by atoms with E-state index < -0.39 is 53.7 Å². The zero-order valence-corrected chi connectivity index (χ0v) is 18.4. The van der Waals surface area contributed by atoms with Gasteiger partial charge in [0.2, 0.25) is 0 Å². The van der Waals surface area contributed by atoms with Crippen molar-refractivity contribution in [1.29, 1.82) is 0 Å². The number of nitrogens with two attached hydrogens (primary N) is 2. The van der Waals surface area contributed by atoms with Crippen molar-refractivity contribution in [2.24, 2.45) is 16.5 Å². The number of carboxylic acid groups (broad SMARTS) is 2. The molecule has 7 N–H and O–H groups in total. The van der Waals surface area contributed by atoms with Gasteiger partial charge in [-0.3, -0.25) is 14.4 Å². The Morgan fingerprint density at radius 3 is 2.24 bits per heavy atom. The second-order valence-electron chi connectivity index (χ2n) is 6.76. The Balaban J connectivity index is 2.11. The number of hydrogen-bond donors (Lipinski definition) is 5. The van der Waals surface area contributed by atoms with Crippen LogP contribution in [0.3, 0.4) is 0 Å². The van der Waals surface area contributed by atoms with Crippen LogP contribution in [-0.2, 0) is 14.4 Å². The fraction of sp³-hybridized carbons (Fsp3) is 0.143. The predicted octanol–water partition coefficient (Wildman–Crippen LogP) is 2.49. The zero-order valence-electron chi connectivity index (χ0n) is 17.6. The summed E-state index contributed by atoms with van der Waals surface area (Å²) < 4.78 is 36.7. The van der Waals surface area contributed by atoms with Crippen LogP contribution in [0.5, 0.6) is 11.5 Å². The van der Waals surface area contributed by atoms with Crippen LogP contribution in [-0.4, -0.2) is 40.1 Å². The summed E-state index contributed by atoms with van der Waals surface area (Å²) in [5.74, 6) is -6.42. The number of hydrogen-bond acceptors (Lipinski definition) is 6. The van der Waals surface area contributed by atoms with E-state index in [-0.39, 0.29) is 16.9 Å². The molecule has 1 atom stereocenters. The van der Waals surface area contributed by atoms with Gasteiger partial charge >= 0.3 is 11.9 Å². The van der Waals surface area contributed by atoms with Crippen molar-refractivity contribution in [3.05, 3.63) is 59.2 Å². The molecule has 34 heavy (non-hydrogen) atoms. The molecule has 2 aromatic carbocycles. The fourth-order valence-electron chi connectivity index (χ4n) is 2.46. The van der Waals surface area contributed by atoms with Gasteiger partial charge in [0.05, 0.1) is 6.42 Å². The maximum absolute atomic E-state index is 14.5. The molecule has 0 aromatic heterocycles. The molecule has 0 radical (unpaired) electrons. The Morgan fingerprint density at radius 2 is 1.74 bits per heavy atom. The Labute approximate surface area is 196 Å². The van der Waals surface area contributed by atoms with Gasteiger partial charge in [-0.1, -0.05) is 0 Å². The summed E-state index contributed by atoms with van der Waals surface area (Å²) in [5, 5.41) is 17.8. The summed E-state index contributed by atoms with van der Waals surface area (Å²) in [6.07, 6.45) is 0.591. The van der Waals surface area contributed by atoms with Crippen LogP contribution >= 0.6 is 11.9 Å². The number of nitrogens with one attached hydrogen (secondary N) is 1. The van der Waals surface area contributed by atoms with E-state index in [1.807, 2.05) is 0 Å². The predicted molar refractivity (Wildman–Crippen MR) is 120 cm³/mol. The number of aliphatic carboxylic acids is 2. The minimum absolute atomic E-state index is 0.0474. The van der Waals surface area contributed by atoms with E-state index in [2.05, 4.69) is 9.71 Å². The molecule has 1 unspecified atom stereocenters. The Morgan fingerprint density at radius 1 is 1.15 bits per heavy atom. The van der Waals surface area contributed by atoms with Crippen molar-refractivity contribution < 1.29 is 38.1 Å². The van der Waals surface area contributed by atoms with Gasteiger partial charge in [0, 0.05) is 10.5 Å². The third kappa shape index (κ3) is 7.86.